The number of benzene rings is 1. The molecule has 1 aromatic rings. The number of carbonyl (C=O) groups excluding carboxylic acids is 3. The summed E-state index contributed by atoms with van der Waals surface area (Å²) in [5.41, 5.74) is 1.47. The van der Waals surface area contributed by atoms with Crippen LogP contribution in [0.5, 0.6) is 5.75 Å². The van der Waals surface area contributed by atoms with Crippen LogP contribution in [0.2, 0.25) is 0 Å². The largest absolute Gasteiger partial charge is 0.496 e. The van der Waals surface area contributed by atoms with Gasteiger partial charge in [0.15, 0.2) is 0 Å². The van der Waals surface area contributed by atoms with E-state index in [0.29, 0.717) is 18.8 Å². The first kappa shape index (κ1) is 18.9. The van der Waals surface area contributed by atoms with Crippen molar-refractivity contribution in [3.8, 4) is 5.75 Å². The zero-order valence-corrected chi connectivity index (χ0v) is 15.1. The Morgan fingerprint density at radius 3 is 2.52 bits per heavy atom. The molecule has 0 saturated carbocycles. The number of carbonyl (C=O) groups is 3. The number of anilines is 1. The van der Waals surface area contributed by atoms with Gasteiger partial charge in [-0.25, -0.2) is 0 Å². The molecule has 0 unspecified atom stereocenters. The van der Waals surface area contributed by atoms with E-state index >= 15 is 0 Å². The second-order valence-electron chi connectivity index (χ2n) is 6.17. The van der Waals surface area contributed by atoms with E-state index in [9.17, 15) is 14.4 Å². The topological polar surface area (TPSA) is 76.2 Å². The normalized spacial score (nSPS) is 16.5. The Morgan fingerprint density at radius 2 is 1.96 bits per heavy atom. The van der Waals surface area contributed by atoms with Crippen LogP contribution in [0.15, 0.2) is 18.2 Å². The fraction of sp³-hybridized carbons (Fsp3) is 0.500. The average Bonchev–Trinajstić information content (AvgIpc) is 2.58. The molecule has 136 valence electrons. The highest BCUT2D eigenvalue weighted by Crippen LogP contribution is 2.29. The highest BCUT2D eigenvalue weighted by molar-refractivity contribution is 5.98. The van der Waals surface area contributed by atoms with Gasteiger partial charge in [-0.15, -0.1) is 0 Å². The van der Waals surface area contributed by atoms with Crippen molar-refractivity contribution in [2.24, 2.45) is 5.92 Å². The van der Waals surface area contributed by atoms with Crippen LogP contribution in [0.25, 0.3) is 0 Å². The first-order valence-electron chi connectivity index (χ1n) is 8.11. The van der Waals surface area contributed by atoms with Crippen molar-refractivity contribution in [1.82, 2.24) is 4.90 Å². The summed E-state index contributed by atoms with van der Waals surface area (Å²) >= 11 is 0. The van der Waals surface area contributed by atoms with Gasteiger partial charge in [0.2, 0.25) is 5.91 Å². The lowest BCUT2D eigenvalue weighted by Gasteiger charge is -2.32. The number of esters is 1. The van der Waals surface area contributed by atoms with Gasteiger partial charge in [-0.2, -0.15) is 0 Å². The monoisotopic (exact) mass is 348 g/mol. The van der Waals surface area contributed by atoms with Gasteiger partial charge in [0.25, 0.3) is 0 Å². The maximum Gasteiger partial charge on any atom is 0.316 e. The van der Waals surface area contributed by atoms with E-state index in [1.807, 2.05) is 18.0 Å². The van der Waals surface area contributed by atoms with Crippen LogP contribution in [0, 0.1) is 5.92 Å². The number of piperazine rings is 1. The Kier molecular flexibility index (Phi) is 6.14. The number of nitrogens with zero attached hydrogens (tertiary/aromatic N) is 2. The molecule has 1 aliphatic rings. The van der Waals surface area contributed by atoms with Crippen molar-refractivity contribution in [1.29, 1.82) is 0 Å². The van der Waals surface area contributed by atoms with E-state index in [-0.39, 0.29) is 18.1 Å². The Bertz CT molecular complexity index is 673. The molecule has 0 aromatic heterocycles. The van der Waals surface area contributed by atoms with E-state index < -0.39 is 11.9 Å². The second-order valence-corrected chi connectivity index (χ2v) is 6.17. The smallest absolute Gasteiger partial charge is 0.316 e. The van der Waals surface area contributed by atoms with Gasteiger partial charge in [-0.05, 0) is 32.0 Å². The minimum Gasteiger partial charge on any atom is -0.496 e. The van der Waals surface area contributed by atoms with Crippen molar-refractivity contribution in [3.63, 3.8) is 0 Å². The van der Waals surface area contributed by atoms with Crippen molar-refractivity contribution in [3.05, 3.63) is 23.8 Å². The van der Waals surface area contributed by atoms with Crippen LogP contribution in [0.4, 0.5) is 5.69 Å². The van der Waals surface area contributed by atoms with Gasteiger partial charge < -0.3 is 14.4 Å². The third-order valence-corrected chi connectivity index (χ3v) is 4.39. The Morgan fingerprint density at radius 1 is 1.24 bits per heavy atom. The first-order chi connectivity index (χ1) is 11.9. The van der Waals surface area contributed by atoms with Crippen molar-refractivity contribution >= 4 is 23.3 Å². The molecule has 7 heteroatoms. The van der Waals surface area contributed by atoms with Gasteiger partial charge >= 0.3 is 5.97 Å². The van der Waals surface area contributed by atoms with Crippen LogP contribution >= 0.6 is 0 Å². The number of amides is 1. The number of ether oxygens (including phenoxy) is 2. The minimum atomic E-state index is -0.866. The first-order valence-corrected chi connectivity index (χ1v) is 8.11. The van der Waals surface area contributed by atoms with Crippen LogP contribution in [0.3, 0.4) is 0 Å². The van der Waals surface area contributed by atoms with E-state index in [1.165, 1.54) is 21.1 Å². The third kappa shape index (κ3) is 4.36. The van der Waals surface area contributed by atoms with E-state index in [0.717, 1.165) is 17.8 Å². The van der Waals surface area contributed by atoms with Gasteiger partial charge in [-0.1, -0.05) is 6.07 Å². The summed E-state index contributed by atoms with van der Waals surface area (Å²) in [4.78, 5) is 39.5. The molecular weight excluding hydrogens is 324 g/mol. The van der Waals surface area contributed by atoms with Gasteiger partial charge in [0, 0.05) is 24.8 Å². The summed E-state index contributed by atoms with van der Waals surface area (Å²) in [7, 11) is 4.69. The average molecular weight is 348 g/mol. The van der Waals surface area contributed by atoms with E-state index in [4.69, 9.17) is 9.47 Å². The summed E-state index contributed by atoms with van der Waals surface area (Å²) in [6.45, 7) is 3.14. The van der Waals surface area contributed by atoms with Crippen molar-refractivity contribution in [2.75, 3.05) is 45.8 Å². The molecule has 1 heterocycles. The zero-order valence-electron chi connectivity index (χ0n) is 15.1. The number of ketones is 1. The number of hydrogen-bond acceptors (Lipinski definition) is 6. The highest BCUT2D eigenvalue weighted by atomic mass is 16.5. The maximum absolute atomic E-state index is 12.2. The molecule has 0 bridgehead atoms. The molecule has 1 fully saturated rings. The van der Waals surface area contributed by atoms with Crippen molar-refractivity contribution in [2.45, 2.75) is 13.3 Å². The lowest BCUT2D eigenvalue weighted by molar-refractivity contribution is -0.148. The Labute approximate surface area is 147 Å². The molecule has 25 heavy (non-hydrogen) atoms. The summed E-state index contributed by atoms with van der Waals surface area (Å²) in [5.74, 6) is -1.12. The van der Waals surface area contributed by atoms with Crippen LogP contribution < -0.4 is 9.64 Å². The molecule has 2 rings (SSSR count). The van der Waals surface area contributed by atoms with Crippen LogP contribution in [-0.2, 0) is 25.5 Å². The predicted molar refractivity (Wildman–Crippen MR) is 92.7 cm³/mol. The molecule has 1 aromatic carbocycles. The summed E-state index contributed by atoms with van der Waals surface area (Å²) in [5, 5.41) is 0. The molecule has 0 aliphatic carbocycles. The summed E-state index contributed by atoms with van der Waals surface area (Å²) in [6, 6.07) is 5.38. The molecule has 0 N–H and O–H groups in total. The SMILES string of the molecule is COC(=O)[C@@H](Cc1ccc(N2CCN(C)CC2=O)cc1OC)C(C)=O. The molecule has 1 amide bonds. The van der Waals surface area contributed by atoms with Gasteiger partial charge in [0.05, 0.1) is 20.8 Å². The molecule has 1 atom stereocenters. The lowest BCUT2D eigenvalue weighted by Crippen LogP contribution is -2.48. The maximum atomic E-state index is 12.2. The lowest BCUT2D eigenvalue weighted by atomic mass is 9.95. The Balaban J connectivity index is 2.25. The quantitative estimate of drug-likeness (QED) is 0.561. The van der Waals surface area contributed by atoms with E-state index in [2.05, 4.69) is 0 Å². The number of rotatable bonds is 6. The molecule has 0 spiro atoms. The molecule has 7 nitrogen and oxygen atoms in total. The molecule has 0 radical (unpaired) electrons. The third-order valence-electron chi connectivity index (χ3n) is 4.39. The number of hydrogen-bond donors (Lipinski definition) is 0. The van der Waals surface area contributed by atoms with Crippen LogP contribution in [0.1, 0.15) is 12.5 Å². The number of Topliss-reactive ketones (excluding diaryl/α,β-unsaturated/α-hetero) is 1. The predicted octanol–water partition coefficient (Wildman–Crippen LogP) is 0.894. The summed E-state index contributed by atoms with van der Waals surface area (Å²) < 4.78 is 10.1. The molecular formula is C18H24N2O5. The molecule has 1 saturated heterocycles. The van der Waals surface area contributed by atoms with Gasteiger partial charge in [0.1, 0.15) is 17.5 Å². The highest BCUT2D eigenvalue weighted by Gasteiger charge is 2.27. The second kappa shape index (κ2) is 8.11. The fourth-order valence-corrected chi connectivity index (χ4v) is 2.89. The minimum absolute atomic E-state index is 0.0275. The molecule has 1 aliphatic heterocycles. The fourth-order valence-electron chi connectivity index (χ4n) is 2.89. The standard InChI is InChI=1S/C18H24N2O5/c1-12(21)15(18(23)25-4)9-13-5-6-14(10-16(13)24-3)20-8-7-19(2)11-17(20)22/h5-6,10,15H,7-9,11H2,1-4H3/t15-/m0/s1. The Hall–Kier alpha value is -2.41. The van der Waals surface area contributed by atoms with Gasteiger partial charge in [-0.3, -0.25) is 19.3 Å². The number of methoxy groups -OCH3 is 2. The van der Waals surface area contributed by atoms with E-state index in [1.54, 1.807) is 17.0 Å². The summed E-state index contributed by atoms with van der Waals surface area (Å²) in [6.07, 6.45) is 0.197. The zero-order chi connectivity index (χ0) is 18.6. The van der Waals surface area contributed by atoms with Crippen LogP contribution in [-0.4, -0.2) is 63.5 Å². The van der Waals surface area contributed by atoms with Crippen molar-refractivity contribution < 1.29 is 23.9 Å². The number of likely N-dealkylation sites (N-methyl/N-ethyl adjacent to an activating group) is 1.